The maximum Gasteiger partial charge on any atom is 0.164 e. The highest BCUT2D eigenvalue weighted by atomic mass is 16.6. The Labute approximate surface area is 140 Å². The molecule has 1 heterocycles. The summed E-state index contributed by atoms with van der Waals surface area (Å²) in [5.74, 6) is 0. The van der Waals surface area contributed by atoms with Gasteiger partial charge >= 0.3 is 0 Å². The summed E-state index contributed by atoms with van der Waals surface area (Å²) >= 11 is 0. The first-order valence-electron chi connectivity index (χ1n) is 7.79. The lowest BCUT2D eigenvalue weighted by molar-refractivity contribution is -0.272. The summed E-state index contributed by atoms with van der Waals surface area (Å²) in [4.78, 5) is 0. The fourth-order valence-corrected chi connectivity index (χ4v) is 2.99. The molecule has 0 amide bonds. The largest absolute Gasteiger partial charge is 0.394 e. The number of aliphatic hydroxyl groups is 4. The molecule has 6 heteroatoms. The van der Waals surface area contributed by atoms with E-state index in [1.54, 1.807) is 42.5 Å². The normalized spacial score (nSPS) is 33.2. The van der Waals surface area contributed by atoms with Gasteiger partial charge in [0.05, 0.1) is 6.61 Å². The highest BCUT2D eigenvalue weighted by Crippen LogP contribution is 2.38. The van der Waals surface area contributed by atoms with Gasteiger partial charge in [-0.3, -0.25) is 0 Å². The molecule has 2 aromatic rings. The zero-order valence-electron chi connectivity index (χ0n) is 13.0. The number of rotatable bonds is 4. The minimum absolute atomic E-state index is 0.404. The quantitative estimate of drug-likeness (QED) is 0.557. The summed E-state index contributed by atoms with van der Waals surface area (Å²) in [7, 11) is 0. The predicted octanol–water partition coefficient (Wildman–Crippen LogP) is 0.425. The molecule has 24 heavy (non-hydrogen) atoms. The fraction of sp³-hybridized carbons (Fsp3) is 0.333. The molecule has 0 bridgehead atoms. The van der Waals surface area contributed by atoms with Crippen LogP contribution in [0.1, 0.15) is 5.56 Å². The first-order chi connectivity index (χ1) is 11.6. The van der Waals surface area contributed by atoms with E-state index in [0.717, 1.165) is 0 Å². The van der Waals surface area contributed by atoms with Crippen molar-refractivity contribution in [1.82, 2.24) is 0 Å². The average molecular weight is 331 g/mol. The molecule has 0 aliphatic carbocycles. The minimum atomic E-state index is -1.89. The molecule has 1 aliphatic heterocycles. The molecule has 0 unspecified atom stereocenters. The van der Waals surface area contributed by atoms with Crippen LogP contribution in [0.2, 0.25) is 0 Å². The molecule has 6 nitrogen and oxygen atoms in total. The Morgan fingerprint density at radius 3 is 2.12 bits per heavy atom. The summed E-state index contributed by atoms with van der Waals surface area (Å²) in [5.41, 5.74) is -0.805. The van der Waals surface area contributed by atoms with E-state index in [2.05, 4.69) is 5.32 Å². The van der Waals surface area contributed by atoms with Crippen molar-refractivity contribution in [2.75, 3.05) is 11.9 Å². The molecule has 1 fully saturated rings. The van der Waals surface area contributed by atoms with Crippen molar-refractivity contribution in [2.45, 2.75) is 30.1 Å². The number of anilines is 1. The molecule has 1 saturated heterocycles. The Kier molecular flexibility index (Phi) is 4.84. The molecule has 5 N–H and O–H groups in total. The average Bonchev–Trinajstić information content (AvgIpc) is 2.64. The van der Waals surface area contributed by atoms with Crippen molar-refractivity contribution in [3.63, 3.8) is 0 Å². The van der Waals surface area contributed by atoms with Gasteiger partial charge in [0, 0.05) is 5.69 Å². The molecule has 0 saturated carbocycles. The topological polar surface area (TPSA) is 102 Å². The first-order valence-corrected chi connectivity index (χ1v) is 7.79. The van der Waals surface area contributed by atoms with E-state index in [1.165, 1.54) is 0 Å². The molecular weight excluding hydrogens is 310 g/mol. The van der Waals surface area contributed by atoms with E-state index in [4.69, 9.17) is 4.74 Å². The molecule has 0 radical (unpaired) electrons. The van der Waals surface area contributed by atoms with Crippen molar-refractivity contribution >= 4 is 5.69 Å². The van der Waals surface area contributed by atoms with Gasteiger partial charge in [-0.2, -0.15) is 0 Å². The molecule has 3 rings (SSSR count). The Morgan fingerprint density at radius 2 is 1.54 bits per heavy atom. The van der Waals surface area contributed by atoms with Crippen LogP contribution in [-0.2, 0) is 10.3 Å². The zero-order chi connectivity index (χ0) is 17.2. The summed E-state index contributed by atoms with van der Waals surface area (Å²) in [6.45, 7) is -0.476. The smallest absolute Gasteiger partial charge is 0.164 e. The van der Waals surface area contributed by atoms with Crippen molar-refractivity contribution < 1.29 is 25.2 Å². The maximum absolute atomic E-state index is 11.2. The van der Waals surface area contributed by atoms with Gasteiger partial charge in [-0.25, -0.2) is 0 Å². The number of ether oxygens (including phenoxy) is 1. The lowest BCUT2D eigenvalue weighted by atomic mass is 9.80. The molecule has 5 atom stereocenters. The number of hydrogen-bond acceptors (Lipinski definition) is 6. The van der Waals surface area contributed by atoms with E-state index in [9.17, 15) is 20.4 Å². The van der Waals surface area contributed by atoms with E-state index >= 15 is 0 Å². The molecule has 2 aromatic carbocycles. The fourth-order valence-electron chi connectivity index (χ4n) is 2.99. The molecule has 0 aromatic heterocycles. The van der Waals surface area contributed by atoms with Crippen LogP contribution in [0.4, 0.5) is 5.69 Å². The number of hydrogen-bond donors (Lipinski definition) is 5. The van der Waals surface area contributed by atoms with Gasteiger partial charge < -0.3 is 30.5 Å². The zero-order valence-corrected chi connectivity index (χ0v) is 13.0. The third kappa shape index (κ3) is 2.90. The lowest BCUT2D eigenvalue weighted by Gasteiger charge is -2.48. The Bertz CT molecular complexity index is 653. The summed E-state index contributed by atoms with van der Waals surface area (Å²) in [6, 6.07) is 17.6. The number of aliphatic hydroxyl groups excluding tert-OH is 3. The van der Waals surface area contributed by atoms with Crippen molar-refractivity contribution in [3.8, 4) is 0 Å². The minimum Gasteiger partial charge on any atom is -0.394 e. The van der Waals surface area contributed by atoms with E-state index in [0.29, 0.717) is 11.3 Å². The second kappa shape index (κ2) is 6.88. The van der Waals surface area contributed by atoms with Crippen molar-refractivity contribution in [3.05, 3.63) is 66.2 Å². The van der Waals surface area contributed by atoms with Gasteiger partial charge in [-0.05, 0) is 17.7 Å². The van der Waals surface area contributed by atoms with Gasteiger partial charge in [0.2, 0.25) is 0 Å². The standard InChI is InChI=1S/C18H21NO5/c20-11-14-15(21)16(22)18(23,12-7-3-1-4-8-12)17(24-14)19-13-9-5-2-6-10-13/h1-10,14-17,19-23H,11H2/t14-,15+,16+,17-,18-/m1/s1. The summed E-state index contributed by atoms with van der Waals surface area (Å²) < 4.78 is 5.67. The molecule has 128 valence electrons. The Balaban J connectivity index is 2.00. The second-order valence-electron chi connectivity index (χ2n) is 5.87. The monoisotopic (exact) mass is 331 g/mol. The lowest BCUT2D eigenvalue weighted by Crippen LogP contribution is -2.66. The molecule has 0 spiro atoms. The van der Waals surface area contributed by atoms with E-state index in [1.807, 2.05) is 18.2 Å². The van der Waals surface area contributed by atoms with Gasteiger partial charge in [0.15, 0.2) is 11.8 Å². The van der Waals surface area contributed by atoms with Crippen molar-refractivity contribution in [1.29, 1.82) is 0 Å². The van der Waals surface area contributed by atoms with Crippen LogP contribution in [0.15, 0.2) is 60.7 Å². The van der Waals surface area contributed by atoms with Crippen LogP contribution in [-0.4, -0.2) is 51.6 Å². The van der Waals surface area contributed by atoms with Crippen LogP contribution < -0.4 is 5.32 Å². The highest BCUT2D eigenvalue weighted by molar-refractivity contribution is 5.45. The van der Waals surface area contributed by atoms with Gasteiger partial charge in [-0.1, -0.05) is 48.5 Å². The third-order valence-corrected chi connectivity index (χ3v) is 4.35. The predicted molar refractivity (Wildman–Crippen MR) is 88.2 cm³/mol. The molecule has 1 aliphatic rings. The first kappa shape index (κ1) is 16.9. The third-order valence-electron chi connectivity index (χ3n) is 4.35. The van der Waals surface area contributed by atoms with Crippen LogP contribution in [0, 0.1) is 0 Å². The Hall–Kier alpha value is -1.96. The van der Waals surface area contributed by atoms with E-state index in [-0.39, 0.29) is 0 Å². The van der Waals surface area contributed by atoms with E-state index < -0.39 is 36.7 Å². The van der Waals surface area contributed by atoms with Crippen LogP contribution in [0.25, 0.3) is 0 Å². The summed E-state index contributed by atoms with van der Waals surface area (Å²) in [6.07, 6.45) is -5.02. The Morgan fingerprint density at radius 1 is 0.958 bits per heavy atom. The highest BCUT2D eigenvalue weighted by Gasteiger charge is 2.55. The maximum atomic E-state index is 11.2. The number of benzene rings is 2. The second-order valence-corrected chi connectivity index (χ2v) is 5.87. The van der Waals surface area contributed by atoms with Gasteiger partial charge in [0.1, 0.15) is 18.3 Å². The SMILES string of the molecule is OC[C@H]1O[C@@H](Nc2ccccc2)[C@@](O)(c2ccccc2)[C@@H](O)[C@H]1O. The van der Waals surface area contributed by atoms with Crippen molar-refractivity contribution in [2.24, 2.45) is 0 Å². The van der Waals surface area contributed by atoms with Crippen LogP contribution >= 0.6 is 0 Å². The number of para-hydroxylation sites is 1. The summed E-state index contributed by atoms with van der Waals surface area (Å²) in [5, 5.41) is 44.4. The number of nitrogens with one attached hydrogen (secondary N) is 1. The van der Waals surface area contributed by atoms with Gasteiger partial charge in [-0.15, -0.1) is 0 Å². The molecular formula is C18H21NO5. The van der Waals surface area contributed by atoms with Gasteiger partial charge in [0.25, 0.3) is 0 Å². The van der Waals surface area contributed by atoms with Crippen LogP contribution in [0.3, 0.4) is 0 Å². The van der Waals surface area contributed by atoms with Crippen LogP contribution in [0.5, 0.6) is 0 Å².